The summed E-state index contributed by atoms with van der Waals surface area (Å²) in [5.41, 5.74) is 6.19. The summed E-state index contributed by atoms with van der Waals surface area (Å²) in [5.74, 6) is -0.430. The van der Waals surface area contributed by atoms with Crippen LogP contribution in [0.5, 0.6) is 11.5 Å². The lowest BCUT2D eigenvalue weighted by Gasteiger charge is -2.16. The monoisotopic (exact) mass is 415 g/mol. The van der Waals surface area contributed by atoms with Crippen molar-refractivity contribution in [1.82, 2.24) is 10.9 Å². The number of rotatable bonds is 8. The van der Waals surface area contributed by atoms with Crippen molar-refractivity contribution in [2.75, 3.05) is 6.61 Å². The summed E-state index contributed by atoms with van der Waals surface area (Å²) in [6.07, 6.45) is -1.07. The van der Waals surface area contributed by atoms with Gasteiger partial charge < -0.3 is 9.47 Å². The highest BCUT2D eigenvalue weighted by molar-refractivity contribution is 5.85. The number of nitro benzene ring substituents is 1. The summed E-state index contributed by atoms with van der Waals surface area (Å²) < 4.78 is 11.0. The third kappa shape index (κ3) is 6.20. The lowest BCUT2D eigenvalue weighted by atomic mass is 10.0. The zero-order valence-corrected chi connectivity index (χ0v) is 17.3. The van der Waals surface area contributed by atoms with Crippen LogP contribution < -0.4 is 20.3 Å². The Kier molecular flexibility index (Phi) is 7.74. The smallest absolute Gasteiger partial charge is 0.310 e. The minimum atomic E-state index is -1.07. The van der Waals surface area contributed by atoms with E-state index in [1.54, 1.807) is 6.07 Å². The van der Waals surface area contributed by atoms with Gasteiger partial charge in [-0.3, -0.25) is 30.6 Å². The van der Waals surface area contributed by atoms with Crippen molar-refractivity contribution < 1.29 is 24.0 Å². The number of aryl methyl sites for hydroxylation is 1. The molecule has 9 nitrogen and oxygen atoms in total. The van der Waals surface area contributed by atoms with Gasteiger partial charge in [-0.2, -0.15) is 0 Å². The van der Waals surface area contributed by atoms with Crippen LogP contribution in [-0.2, 0) is 9.59 Å². The number of amides is 2. The van der Waals surface area contributed by atoms with E-state index in [0.717, 1.165) is 11.1 Å². The van der Waals surface area contributed by atoms with Crippen LogP contribution in [-0.4, -0.2) is 29.4 Å². The number of nitro groups is 1. The Morgan fingerprint density at radius 1 is 1.07 bits per heavy atom. The lowest BCUT2D eigenvalue weighted by Crippen LogP contribution is -2.48. The normalized spacial score (nSPS) is 11.5. The second kappa shape index (κ2) is 10.2. The molecule has 0 unspecified atom stereocenters. The topological polar surface area (TPSA) is 120 Å². The van der Waals surface area contributed by atoms with Gasteiger partial charge in [0.05, 0.1) is 4.92 Å². The van der Waals surface area contributed by atoms with E-state index in [1.807, 2.05) is 39.0 Å². The number of hydrazine groups is 1. The molecule has 0 spiro atoms. The van der Waals surface area contributed by atoms with Crippen LogP contribution in [0.3, 0.4) is 0 Å². The molecule has 2 aromatic rings. The first-order chi connectivity index (χ1) is 14.2. The van der Waals surface area contributed by atoms with Gasteiger partial charge in [0, 0.05) is 6.07 Å². The second-order valence-electron chi connectivity index (χ2n) is 7.01. The third-order valence-corrected chi connectivity index (χ3v) is 4.21. The van der Waals surface area contributed by atoms with E-state index in [0.29, 0.717) is 5.75 Å². The van der Waals surface area contributed by atoms with Crippen molar-refractivity contribution in [3.63, 3.8) is 0 Å². The van der Waals surface area contributed by atoms with Gasteiger partial charge in [0.15, 0.2) is 18.5 Å². The Morgan fingerprint density at radius 2 is 1.77 bits per heavy atom. The molecule has 2 rings (SSSR count). The second-order valence-corrected chi connectivity index (χ2v) is 7.01. The minimum Gasteiger partial charge on any atom is -0.483 e. The number of carbonyl (C=O) groups excluding carboxylic acids is 2. The summed E-state index contributed by atoms with van der Waals surface area (Å²) in [6, 6.07) is 11.5. The summed E-state index contributed by atoms with van der Waals surface area (Å²) in [5, 5.41) is 11.0. The van der Waals surface area contributed by atoms with Crippen LogP contribution >= 0.6 is 0 Å². The molecular weight excluding hydrogens is 390 g/mol. The van der Waals surface area contributed by atoms with E-state index >= 15 is 0 Å². The van der Waals surface area contributed by atoms with Gasteiger partial charge in [-0.05, 0) is 43.0 Å². The predicted octanol–water partition coefficient (Wildman–Crippen LogP) is 3.02. The molecule has 0 aliphatic rings. The van der Waals surface area contributed by atoms with Gasteiger partial charge in [-0.25, -0.2) is 0 Å². The van der Waals surface area contributed by atoms with E-state index in [-0.39, 0.29) is 24.0 Å². The molecule has 0 heterocycles. The molecule has 0 saturated heterocycles. The molecule has 30 heavy (non-hydrogen) atoms. The molecule has 2 amide bonds. The van der Waals surface area contributed by atoms with Gasteiger partial charge in [-0.15, -0.1) is 0 Å². The highest BCUT2D eigenvalue weighted by atomic mass is 16.6. The number of ether oxygens (including phenoxy) is 2. The summed E-state index contributed by atoms with van der Waals surface area (Å²) in [7, 11) is 0. The standard InChI is InChI=1S/C21H25N3O6/c1-13(2)16-10-9-14(3)11-19(16)29-12-20(25)22-23-21(26)15(4)30-18-8-6-5-7-17(18)24(27)28/h5-11,13,15H,12H2,1-4H3,(H,22,25)(H,23,26)/t15-/m0/s1. The molecule has 0 bridgehead atoms. The van der Waals surface area contributed by atoms with Crippen molar-refractivity contribution in [2.45, 2.75) is 39.7 Å². The zero-order valence-electron chi connectivity index (χ0n) is 17.3. The molecule has 9 heteroatoms. The highest BCUT2D eigenvalue weighted by Crippen LogP contribution is 2.28. The van der Waals surface area contributed by atoms with Crippen molar-refractivity contribution in [1.29, 1.82) is 0 Å². The number of carbonyl (C=O) groups is 2. The number of nitrogens with one attached hydrogen (secondary N) is 2. The Morgan fingerprint density at radius 3 is 2.43 bits per heavy atom. The SMILES string of the molecule is Cc1ccc(C(C)C)c(OCC(=O)NNC(=O)[C@H](C)Oc2ccccc2[N+](=O)[O-])c1. The molecule has 0 aromatic heterocycles. The molecule has 0 aliphatic carbocycles. The first-order valence-corrected chi connectivity index (χ1v) is 9.41. The molecule has 1 atom stereocenters. The van der Waals surface area contributed by atoms with Crippen LogP contribution in [0.15, 0.2) is 42.5 Å². The first-order valence-electron chi connectivity index (χ1n) is 9.41. The Balaban J connectivity index is 1.87. The summed E-state index contributed by atoms with van der Waals surface area (Å²) >= 11 is 0. The Bertz CT molecular complexity index is 929. The number of hydrogen-bond donors (Lipinski definition) is 2. The van der Waals surface area contributed by atoms with Gasteiger partial charge in [0.2, 0.25) is 0 Å². The van der Waals surface area contributed by atoms with Gasteiger partial charge in [0.1, 0.15) is 5.75 Å². The van der Waals surface area contributed by atoms with Gasteiger partial charge in [-0.1, -0.05) is 38.1 Å². The maximum Gasteiger partial charge on any atom is 0.310 e. The van der Waals surface area contributed by atoms with Crippen molar-refractivity contribution in [3.05, 3.63) is 63.7 Å². The number of nitrogens with zero attached hydrogens (tertiary/aromatic N) is 1. The highest BCUT2D eigenvalue weighted by Gasteiger charge is 2.21. The predicted molar refractivity (Wildman–Crippen MR) is 110 cm³/mol. The maximum absolute atomic E-state index is 12.1. The van der Waals surface area contributed by atoms with Crippen molar-refractivity contribution in [2.24, 2.45) is 0 Å². The van der Waals surface area contributed by atoms with Crippen LogP contribution in [0.25, 0.3) is 0 Å². The largest absolute Gasteiger partial charge is 0.483 e. The molecule has 0 saturated carbocycles. The zero-order chi connectivity index (χ0) is 22.3. The maximum atomic E-state index is 12.1. The minimum absolute atomic E-state index is 0.0412. The van der Waals surface area contributed by atoms with E-state index < -0.39 is 22.8 Å². The van der Waals surface area contributed by atoms with Crippen molar-refractivity contribution in [3.8, 4) is 11.5 Å². The number of benzene rings is 2. The average molecular weight is 415 g/mol. The summed E-state index contributed by atoms with van der Waals surface area (Å²) in [4.78, 5) is 34.6. The van der Waals surface area contributed by atoms with Crippen LogP contribution in [0.1, 0.15) is 37.8 Å². The molecular formula is C21H25N3O6. The van der Waals surface area contributed by atoms with Crippen LogP contribution in [0, 0.1) is 17.0 Å². The lowest BCUT2D eigenvalue weighted by molar-refractivity contribution is -0.386. The fraction of sp³-hybridized carbons (Fsp3) is 0.333. The van der Waals surface area contributed by atoms with E-state index in [4.69, 9.17) is 9.47 Å². The van der Waals surface area contributed by atoms with Crippen LogP contribution in [0.4, 0.5) is 5.69 Å². The molecule has 2 N–H and O–H groups in total. The molecule has 2 aromatic carbocycles. The fourth-order valence-corrected chi connectivity index (χ4v) is 2.61. The first kappa shape index (κ1) is 22.7. The van der Waals surface area contributed by atoms with Gasteiger partial charge >= 0.3 is 5.69 Å². The fourth-order valence-electron chi connectivity index (χ4n) is 2.61. The van der Waals surface area contributed by atoms with Crippen LogP contribution in [0.2, 0.25) is 0 Å². The Labute approximate surface area is 174 Å². The number of hydrogen-bond acceptors (Lipinski definition) is 6. The molecule has 0 fully saturated rings. The van der Waals surface area contributed by atoms with Gasteiger partial charge in [0.25, 0.3) is 11.8 Å². The molecule has 160 valence electrons. The van der Waals surface area contributed by atoms with E-state index in [1.165, 1.54) is 25.1 Å². The number of para-hydroxylation sites is 2. The van der Waals surface area contributed by atoms with Crippen molar-refractivity contribution >= 4 is 17.5 Å². The molecule has 0 radical (unpaired) electrons. The summed E-state index contributed by atoms with van der Waals surface area (Å²) in [6.45, 7) is 7.10. The van der Waals surface area contributed by atoms with E-state index in [2.05, 4.69) is 10.9 Å². The average Bonchev–Trinajstić information content (AvgIpc) is 2.70. The van der Waals surface area contributed by atoms with E-state index in [9.17, 15) is 19.7 Å². The third-order valence-electron chi connectivity index (χ3n) is 4.21. The quantitative estimate of drug-likeness (QED) is 0.505. The molecule has 0 aliphatic heterocycles. The Hall–Kier alpha value is -3.62.